The summed E-state index contributed by atoms with van der Waals surface area (Å²) < 4.78 is 18.7. The van der Waals surface area contributed by atoms with E-state index in [0.29, 0.717) is 13.1 Å². The molecular weight excluding hydrogens is 293 g/mol. The Morgan fingerprint density at radius 3 is 3.00 bits per heavy atom. The van der Waals surface area contributed by atoms with Crippen molar-refractivity contribution in [1.29, 1.82) is 0 Å². The monoisotopic (exact) mass is 311 g/mol. The first kappa shape index (κ1) is 16.2. The summed E-state index contributed by atoms with van der Waals surface area (Å²) in [6.07, 6.45) is 1.94. The van der Waals surface area contributed by atoms with Gasteiger partial charge in [0.15, 0.2) is 6.61 Å². The molecule has 1 aliphatic heterocycles. The van der Waals surface area contributed by atoms with Gasteiger partial charge in [-0.15, -0.1) is 0 Å². The van der Waals surface area contributed by atoms with Gasteiger partial charge in [0.1, 0.15) is 5.75 Å². The van der Waals surface area contributed by atoms with Crippen molar-refractivity contribution in [3.8, 4) is 5.75 Å². The highest BCUT2D eigenvalue weighted by molar-refractivity contribution is 5.78. The van der Waals surface area contributed by atoms with Gasteiger partial charge in [0.25, 0.3) is 5.91 Å². The summed E-state index contributed by atoms with van der Waals surface area (Å²) in [6.45, 7) is 1.08. The molecule has 1 saturated heterocycles. The van der Waals surface area contributed by atoms with E-state index in [-0.39, 0.29) is 24.3 Å². The van der Waals surface area contributed by atoms with Crippen molar-refractivity contribution in [2.24, 2.45) is 0 Å². The number of carbonyl (C=O) groups excluding carboxylic acids is 1. The van der Waals surface area contributed by atoms with Crippen molar-refractivity contribution < 1.29 is 18.8 Å². The van der Waals surface area contributed by atoms with Gasteiger partial charge in [-0.05, 0) is 26.0 Å². The Bertz CT molecular complexity index is 567. The Balaban J connectivity index is 1.91. The maximum Gasteiger partial charge on any atom is 0.305 e. The number of nitro groups is 1. The third-order valence-corrected chi connectivity index (χ3v) is 3.66. The highest BCUT2D eigenvalue weighted by Gasteiger charge is 2.23. The lowest BCUT2D eigenvalue weighted by Gasteiger charge is -2.32. The number of halogens is 1. The molecule has 1 aliphatic rings. The van der Waals surface area contributed by atoms with Crippen LogP contribution in [0.1, 0.15) is 12.8 Å². The Labute approximate surface area is 127 Å². The van der Waals surface area contributed by atoms with E-state index in [0.717, 1.165) is 25.0 Å². The number of carbonyl (C=O) groups is 1. The molecule has 0 radical (unpaired) electrons. The van der Waals surface area contributed by atoms with Crippen molar-refractivity contribution in [2.75, 3.05) is 26.7 Å². The molecule has 1 amide bonds. The van der Waals surface area contributed by atoms with Crippen molar-refractivity contribution in [2.45, 2.75) is 18.9 Å². The molecule has 0 aromatic heterocycles. The van der Waals surface area contributed by atoms with E-state index in [1.54, 1.807) is 4.90 Å². The molecule has 0 saturated carbocycles. The molecule has 8 heteroatoms. The summed E-state index contributed by atoms with van der Waals surface area (Å²) in [5.74, 6) is -1.07. The lowest BCUT2D eigenvalue weighted by atomic mass is 10.1. The van der Waals surface area contributed by atoms with Crippen LogP contribution < -0.4 is 10.1 Å². The molecule has 22 heavy (non-hydrogen) atoms. The second kappa shape index (κ2) is 7.17. The molecule has 1 unspecified atom stereocenters. The van der Waals surface area contributed by atoms with Crippen LogP contribution in [0.15, 0.2) is 18.2 Å². The van der Waals surface area contributed by atoms with Gasteiger partial charge in [-0.2, -0.15) is 4.39 Å². The summed E-state index contributed by atoms with van der Waals surface area (Å²) in [5.41, 5.74) is -0.619. The van der Waals surface area contributed by atoms with E-state index in [2.05, 4.69) is 5.32 Å². The van der Waals surface area contributed by atoms with Gasteiger partial charge >= 0.3 is 5.69 Å². The van der Waals surface area contributed by atoms with E-state index in [1.165, 1.54) is 6.07 Å². The van der Waals surface area contributed by atoms with Crippen molar-refractivity contribution in [3.63, 3.8) is 0 Å². The SMILES string of the molecule is CNC1CCCN(C(=O)COc2ccc([N+](=O)[O-])c(F)c2)C1. The minimum Gasteiger partial charge on any atom is -0.484 e. The minimum absolute atomic E-state index is 0.0959. The molecule has 1 heterocycles. The number of likely N-dealkylation sites (N-methyl/N-ethyl adjacent to an activating group) is 1. The van der Waals surface area contributed by atoms with E-state index < -0.39 is 16.4 Å². The fourth-order valence-corrected chi connectivity index (χ4v) is 2.40. The number of ether oxygens (including phenoxy) is 1. The van der Waals surface area contributed by atoms with Crippen LogP contribution in [0.4, 0.5) is 10.1 Å². The zero-order valence-electron chi connectivity index (χ0n) is 12.3. The van der Waals surface area contributed by atoms with E-state index in [1.807, 2.05) is 7.05 Å². The second-order valence-electron chi connectivity index (χ2n) is 5.13. The number of hydrogen-bond donors (Lipinski definition) is 1. The fraction of sp³-hybridized carbons (Fsp3) is 0.500. The number of nitrogens with one attached hydrogen (secondary N) is 1. The number of nitrogens with zero attached hydrogens (tertiary/aromatic N) is 2. The number of piperidine rings is 1. The minimum atomic E-state index is -0.983. The molecule has 120 valence electrons. The number of hydrogen-bond acceptors (Lipinski definition) is 5. The van der Waals surface area contributed by atoms with Crippen molar-refractivity contribution in [3.05, 3.63) is 34.1 Å². The molecule has 2 rings (SSSR count). The van der Waals surface area contributed by atoms with Crippen LogP contribution in [0.25, 0.3) is 0 Å². The summed E-state index contributed by atoms with van der Waals surface area (Å²) in [5, 5.41) is 13.7. The number of likely N-dealkylation sites (tertiary alicyclic amines) is 1. The average Bonchev–Trinajstić information content (AvgIpc) is 2.52. The lowest BCUT2D eigenvalue weighted by molar-refractivity contribution is -0.387. The highest BCUT2D eigenvalue weighted by Crippen LogP contribution is 2.22. The van der Waals surface area contributed by atoms with E-state index in [4.69, 9.17) is 4.74 Å². The quantitative estimate of drug-likeness (QED) is 0.655. The van der Waals surface area contributed by atoms with Crippen LogP contribution in [0.3, 0.4) is 0 Å². The third kappa shape index (κ3) is 3.91. The predicted molar refractivity (Wildman–Crippen MR) is 77.2 cm³/mol. The number of rotatable bonds is 5. The highest BCUT2D eigenvalue weighted by atomic mass is 19.1. The smallest absolute Gasteiger partial charge is 0.305 e. The first-order valence-corrected chi connectivity index (χ1v) is 7.03. The Morgan fingerprint density at radius 1 is 1.59 bits per heavy atom. The fourth-order valence-electron chi connectivity index (χ4n) is 2.40. The summed E-state index contributed by atoms with van der Waals surface area (Å²) in [7, 11) is 1.86. The van der Waals surface area contributed by atoms with Crippen LogP contribution in [0.2, 0.25) is 0 Å². The van der Waals surface area contributed by atoms with Crippen LogP contribution in [-0.4, -0.2) is 48.5 Å². The van der Waals surface area contributed by atoms with E-state index >= 15 is 0 Å². The van der Waals surface area contributed by atoms with Gasteiger partial charge in [0.2, 0.25) is 5.82 Å². The Morgan fingerprint density at radius 2 is 2.36 bits per heavy atom. The molecule has 0 aliphatic carbocycles. The molecule has 1 aromatic carbocycles. The van der Waals surface area contributed by atoms with Gasteiger partial charge in [0.05, 0.1) is 4.92 Å². The Kier molecular flexibility index (Phi) is 5.26. The molecule has 0 spiro atoms. The van der Waals surface area contributed by atoms with Gasteiger partial charge in [-0.25, -0.2) is 0 Å². The maximum atomic E-state index is 13.5. The molecule has 1 N–H and O–H groups in total. The molecular formula is C14H18FN3O4. The Hall–Kier alpha value is -2.22. The van der Waals surface area contributed by atoms with Crippen molar-refractivity contribution >= 4 is 11.6 Å². The van der Waals surface area contributed by atoms with Crippen LogP contribution >= 0.6 is 0 Å². The van der Waals surface area contributed by atoms with Crippen LogP contribution in [0, 0.1) is 15.9 Å². The third-order valence-electron chi connectivity index (χ3n) is 3.66. The molecule has 1 fully saturated rings. The molecule has 0 bridgehead atoms. The summed E-state index contributed by atoms with van der Waals surface area (Å²) >= 11 is 0. The number of amides is 1. The summed E-state index contributed by atoms with van der Waals surface area (Å²) in [4.78, 5) is 23.5. The van der Waals surface area contributed by atoms with Gasteiger partial charge in [-0.3, -0.25) is 14.9 Å². The number of benzene rings is 1. The average molecular weight is 311 g/mol. The molecule has 1 atom stereocenters. The van der Waals surface area contributed by atoms with Crippen LogP contribution in [-0.2, 0) is 4.79 Å². The van der Waals surface area contributed by atoms with E-state index in [9.17, 15) is 19.3 Å². The molecule has 7 nitrogen and oxygen atoms in total. The first-order valence-electron chi connectivity index (χ1n) is 7.03. The van der Waals surface area contributed by atoms with Crippen LogP contribution in [0.5, 0.6) is 5.75 Å². The topological polar surface area (TPSA) is 84.7 Å². The second-order valence-corrected chi connectivity index (χ2v) is 5.13. The molecule has 1 aromatic rings. The largest absolute Gasteiger partial charge is 0.484 e. The maximum absolute atomic E-state index is 13.5. The zero-order valence-corrected chi connectivity index (χ0v) is 12.3. The van der Waals surface area contributed by atoms with Crippen molar-refractivity contribution in [1.82, 2.24) is 10.2 Å². The zero-order chi connectivity index (χ0) is 16.1. The predicted octanol–water partition coefficient (Wildman–Crippen LogP) is 1.32. The van der Waals surface area contributed by atoms with Gasteiger partial charge < -0.3 is 15.0 Å². The normalized spacial score (nSPS) is 18.1. The first-order chi connectivity index (χ1) is 10.5. The summed E-state index contributed by atoms with van der Waals surface area (Å²) in [6, 6.07) is 3.49. The number of nitro benzene ring substituents is 1. The lowest BCUT2D eigenvalue weighted by Crippen LogP contribution is -2.48. The van der Waals surface area contributed by atoms with Gasteiger partial charge in [0, 0.05) is 31.3 Å². The standard InChI is InChI=1S/C14H18FN3O4/c1-16-10-3-2-6-17(8-10)14(19)9-22-11-4-5-13(18(20)21)12(15)7-11/h4-5,7,10,16H,2-3,6,8-9H2,1H3. The van der Waals surface area contributed by atoms with Gasteiger partial charge in [-0.1, -0.05) is 0 Å².